The van der Waals surface area contributed by atoms with Gasteiger partial charge < -0.3 is 14.8 Å². The van der Waals surface area contributed by atoms with E-state index < -0.39 is 24.0 Å². The SMILES string of the molecule is CCNCC1=C(C(F)(F)F)O[C@@H]2O[C@@](C)(OOC)CC[C@@H]3C2[C@H]1CC[C@H]3C. The van der Waals surface area contributed by atoms with Gasteiger partial charge in [-0.2, -0.15) is 13.2 Å². The van der Waals surface area contributed by atoms with Crippen LogP contribution in [0.3, 0.4) is 0 Å². The zero-order valence-corrected chi connectivity index (χ0v) is 16.4. The highest BCUT2D eigenvalue weighted by molar-refractivity contribution is 5.24. The zero-order valence-electron chi connectivity index (χ0n) is 16.4. The van der Waals surface area contributed by atoms with E-state index in [0.717, 1.165) is 12.8 Å². The molecule has 5 nitrogen and oxygen atoms in total. The Balaban J connectivity index is 2.02. The van der Waals surface area contributed by atoms with Crippen molar-refractivity contribution in [2.45, 2.75) is 64.7 Å². The summed E-state index contributed by atoms with van der Waals surface area (Å²) in [5.74, 6) is -1.72. The van der Waals surface area contributed by atoms with Crippen LogP contribution < -0.4 is 5.32 Å². The van der Waals surface area contributed by atoms with Crippen LogP contribution in [0.4, 0.5) is 13.2 Å². The standard InChI is InChI=1S/C19H30F3NO4/c1-5-23-10-14-13-7-6-11(2)12-8-9-18(3,27-24-4)26-17(15(12)13)25-16(14)19(20,21)22/h11-13,15,17,23H,5-10H2,1-4H3/t11-,12+,13+,15?,17-,18+/m1/s1. The molecule has 156 valence electrons. The summed E-state index contributed by atoms with van der Waals surface area (Å²) in [6.07, 6.45) is -2.58. The molecule has 1 aliphatic carbocycles. The Morgan fingerprint density at radius 2 is 2.00 bits per heavy atom. The van der Waals surface area contributed by atoms with Crippen molar-refractivity contribution in [1.82, 2.24) is 5.32 Å². The van der Waals surface area contributed by atoms with E-state index >= 15 is 0 Å². The third-order valence-corrected chi connectivity index (χ3v) is 6.29. The normalized spacial score (nSPS) is 39.6. The molecule has 2 fully saturated rings. The minimum Gasteiger partial charge on any atom is -0.459 e. The van der Waals surface area contributed by atoms with Gasteiger partial charge in [-0.15, -0.1) is 0 Å². The fourth-order valence-corrected chi connectivity index (χ4v) is 5.03. The molecule has 2 heterocycles. The molecule has 1 N–H and O–H groups in total. The average Bonchev–Trinajstić information content (AvgIpc) is 2.73. The summed E-state index contributed by atoms with van der Waals surface area (Å²) in [5.41, 5.74) is 0.336. The minimum atomic E-state index is -4.55. The third kappa shape index (κ3) is 4.13. The summed E-state index contributed by atoms with van der Waals surface area (Å²) in [5, 5.41) is 3.06. The molecular formula is C19H30F3NO4. The Kier molecular flexibility index (Phi) is 6.11. The Morgan fingerprint density at radius 1 is 1.26 bits per heavy atom. The van der Waals surface area contributed by atoms with Gasteiger partial charge in [-0.3, -0.25) is 0 Å². The molecule has 0 aromatic carbocycles. The second-order valence-electron chi connectivity index (χ2n) is 8.06. The Bertz CT molecular complexity index is 568. The summed E-state index contributed by atoms with van der Waals surface area (Å²) >= 11 is 0. The molecule has 1 saturated heterocycles. The number of hydrogen-bond acceptors (Lipinski definition) is 5. The Labute approximate surface area is 158 Å². The van der Waals surface area contributed by atoms with Gasteiger partial charge >= 0.3 is 6.18 Å². The topological polar surface area (TPSA) is 49.0 Å². The Hall–Kier alpha value is -0.830. The summed E-state index contributed by atoms with van der Waals surface area (Å²) in [6, 6.07) is 0. The highest BCUT2D eigenvalue weighted by atomic mass is 19.4. The summed E-state index contributed by atoms with van der Waals surface area (Å²) in [4.78, 5) is 10.1. The molecule has 1 saturated carbocycles. The quantitative estimate of drug-likeness (QED) is 0.562. The fourth-order valence-electron chi connectivity index (χ4n) is 5.03. The number of allylic oxidation sites excluding steroid dienone is 1. The molecule has 6 atom stereocenters. The highest BCUT2D eigenvalue weighted by Crippen LogP contribution is 2.54. The molecule has 8 heteroatoms. The van der Waals surface area contributed by atoms with Crippen LogP contribution in [0.15, 0.2) is 11.3 Å². The number of rotatable bonds is 5. The van der Waals surface area contributed by atoms with Crippen molar-refractivity contribution in [3.05, 3.63) is 11.3 Å². The molecule has 0 spiro atoms. The lowest BCUT2D eigenvalue weighted by Gasteiger charge is -2.48. The first-order chi connectivity index (χ1) is 12.7. The van der Waals surface area contributed by atoms with E-state index in [1.54, 1.807) is 6.92 Å². The maximum Gasteiger partial charge on any atom is 0.449 e. The van der Waals surface area contributed by atoms with E-state index in [-0.39, 0.29) is 24.3 Å². The monoisotopic (exact) mass is 393 g/mol. The van der Waals surface area contributed by atoms with Crippen LogP contribution in [0.2, 0.25) is 0 Å². The molecule has 0 bridgehead atoms. The second-order valence-corrected chi connectivity index (χ2v) is 8.06. The van der Waals surface area contributed by atoms with Crippen molar-refractivity contribution < 1.29 is 32.4 Å². The van der Waals surface area contributed by atoms with Gasteiger partial charge in [-0.1, -0.05) is 13.8 Å². The number of alkyl halides is 3. The number of halogens is 3. The van der Waals surface area contributed by atoms with Crippen molar-refractivity contribution in [1.29, 1.82) is 0 Å². The first kappa shape index (κ1) is 20.9. The van der Waals surface area contributed by atoms with Gasteiger partial charge in [0, 0.05) is 18.9 Å². The largest absolute Gasteiger partial charge is 0.459 e. The maximum absolute atomic E-state index is 13.8. The molecule has 0 amide bonds. The van der Waals surface area contributed by atoms with E-state index in [1.807, 2.05) is 6.92 Å². The summed E-state index contributed by atoms with van der Waals surface area (Å²) in [6.45, 7) is 6.54. The van der Waals surface area contributed by atoms with Crippen LogP contribution in [0.25, 0.3) is 0 Å². The number of nitrogens with one attached hydrogen (secondary N) is 1. The van der Waals surface area contributed by atoms with Crippen LogP contribution in [-0.2, 0) is 19.2 Å². The molecule has 27 heavy (non-hydrogen) atoms. The highest BCUT2D eigenvalue weighted by Gasteiger charge is 2.56. The van der Waals surface area contributed by atoms with Crippen molar-refractivity contribution in [3.63, 3.8) is 0 Å². The first-order valence-corrected chi connectivity index (χ1v) is 9.77. The summed E-state index contributed by atoms with van der Waals surface area (Å²) < 4.78 is 52.9. The third-order valence-electron chi connectivity index (χ3n) is 6.29. The van der Waals surface area contributed by atoms with Gasteiger partial charge in [-0.05, 0) is 56.1 Å². The number of likely N-dealkylation sites (N-methyl/N-ethyl adjacent to an activating group) is 1. The molecule has 2 aliphatic heterocycles. The van der Waals surface area contributed by atoms with Crippen molar-refractivity contribution in [2.75, 3.05) is 20.2 Å². The lowest BCUT2D eigenvalue weighted by atomic mass is 9.62. The van der Waals surface area contributed by atoms with E-state index in [2.05, 4.69) is 12.2 Å². The molecular weight excluding hydrogens is 363 g/mol. The fraction of sp³-hybridized carbons (Fsp3) is 0.895. The average molecular weight is 393 g/mol. The maximum atomic E-state index is 13.8. The van der Waals surface area contributed by atoms with Gasteiger partial charge in [-0.25, -0.2) is 9.78 Å². The van der Waals surface area contributed by atoms with Crippen molar-refractivity contribution >= 4 is 0 Å². The predicted molar refractivity (Wildman–Crippen MR) is 92.2 cm³/mol. The Morgan fingerprint density at radius 3 is 2.63 bits per heavy atom. The number of hydrogen-bond donors (Lipinski definition) is 1. The summed E-state index contributed by atoms with van der Waals surface area (Å²) in [7, 11) is 1.37. The molecule has 3 rings (SSSR count). The van der Waals surface area contributed by atoms with Crippen LogP contribution >= 0.6 is 0 Å². The van der Waals surface area contributed by atoms with Crippen molar-refractivity contribution in [3.8, 4) is 0 Å². The zero-order chi connectivity index (χ0) is 19.8. The van der Waals surface area contributed by atoms with E-state index in [4.69, 9.17) is 19.2 Å². The second kappa shape index (κ2) is 7.89. The number of ether oxygens (including phenoxy) is 2. The molecule has 3 aliphatic rings. The van der Waals surface area contributed by atoms with Gasteiger partial charge in [0.1, 0.15) is 0 Å². The molecule has 0 aromatic heterocycles. The van der Waals surface area contributed by atoms with Crippen LogP contribution in [0, 0.1) is 23.7 Å². The van der Waals surface area contributed by atoms with Crippen molar-refractivity contribution in [2.24, 2.45) is 23.7 Å². The van der Waals surface area contributed by atoms with Crippen LogP contribution in [0.1, 0.15) is 46.5 Å². The molecule has 0 aromatic rings. The minimum absolute atomic E-state index is 0.115. The van der Waals surface area contributed by atoms with E-state index in [0.29, 0.717) is 30.9 Å². The van der Waals surface area contributed by atoms with E-state index in [1.165, 1.54) is 7.11 Å². The molecule has 0 radical (unpaired) electrons. The first-order valence-electron chi connectivity index (χ1n) is 9.77. The lowest BCUT2D eigenvalue weighted by Crippen LogP contribution is -2.50. The predicted octanol–water partition coefficient (Wildman–Crippen LogP) is 4.15. The van der Waals surface area contributed by atoms with Crippen LogP contribution in [0.5, 0.6) is 0 Å². The lowest BCUT2D eigenvalue weighted by molar-refractivity contribution is -0.438. The smallest absolute Gasteiger partial charge is 0.449 e. The molecule has 1 unspecified atom stereocenters. The van der Waals surface area contributed by atoms with Gasteiger partial charge in [0.2, 0.25) is 17.8 Å². The van der Waals surface area contributed by atoms with Crippen LogP contribution in [-0.4, -0.2) is 38.5 Å². The van der Waals surface area contributed by atoms with Gasteiger partial charge in [0.25, 0.3) is 0 Å². The van der Waals surface area contributed by atoms with Gasteiger partial charge in [0.05, 0.1) is 7.11 Å². The van der Waals surface area contributed by atoms with E-state index in [9.17, 15) is 13.2 Å². The van der Waals surface area contributed by atoms with Gasteiger partial charge in [0.15, 0.2) is 0 Å².